The lowest BCUT2D eigenvalue weighted by molar-refractivity contribution is -0.125. The number of anilines is 1. The van der Waals surface area contributed by atoms with Crippen molar-refractivity contribution in [3.63, 3.8) is 0 Å². The fourth-order valence-corrected chi connectivity index (χ4v) is 4.01. The molecule has 1 heterocycles. The first-order valence-corrected chi connectivity index (χ1v) is 10.5. The summed E-state index contributed by atoms with van der Waals surface area (Å²) in [4.78, 5) is 16.9. The van der Waals surface area contributed by atoms with Crippen molar-refractivity contribution in [2.24, 2.45) is 0 Å². The first-order chi connectivity index (χ1) is 14.6. The van der Waals surface area contributed by atoms with Gasteiger partial charge in [0.1, 0.15) is 5.75 Å². The molecule has 0 aliphatic carbocycles. The number of ether oxygens (including phenoxy) is 1. The van der Waals surface area contributed by atoms with E-state index in [1.807, 2.05) is 43.5 Å². The maximum absolute atomic E-state index is 12.7. The number of nitrogens with zero attached hydrogens (tertiary/aromatic N) is 2. The number of para-hydroxylation sites is 1. The molecule has 1 aliphatic rings. The van der Waals surface area contributed by atoms with Crippen LogP contribution in [-0.2, 0) is 11.3 Å². The summed E-state index contributed by atoms with van der Waals surface area (Å²) in [6, 6.07) is 20.6. The van der Waals surface area contributed by atoms with Gasteiger partial charge in [-0.25, -0.2) is 0 Å². The third-order valence-electron chi connectivity index (χ3n) is 5.71. The smallest absolute Gasteiger partial charge is 0.246 e. The van der Waals surface area contributed by atoms with Gasteiger partial charge in [-0.3, -0.25) is 4.79 Å². The van der Waals surface area contributed by atoms with E-state index in [9.17, 15) is 4.79 Å². The second-order valence-electron chi connectivity index (χ2n) is 7.82. The van der Waals surface area contributed by atoms with Crippen LogP contribution in [0.5, 0.6) is 5.75 Å². The molecule has 3 aromatic rings. The number of rotatable bonds is 6. The van der Waals surface area contributed by atoms with Crippen molar-refractivity contribution >= 4 is 28.4 Å². The molecule has 0 bridgehead atoms. The van der Waals surface area contributed by atoms with E-state index < -0.39 is 0 Å². The summed E-state index contributed by atoms with van der Waals surface area (Å²) in [5.74, 6) is 0.845. The van der Waals surface area contributed by atoms with Gasteiger partial charge in [-0.05, 0) is 65.1 Å². The molecular weight excluding hydrogens is 372 g/mol. The van der Waals surface area contributed by atoms with Crippen LogP contribution in [-0.4, -0.2) is 38.1 Å². The standard InChI is InChI=1S/C26H28N2O2/c1-27(19-23-7-3-4-8-25(23)28-15-5-6-16-28)26(29)14-10-20-9-11-22-18-24(30-2)13-12-21(22)17-20/h3-4,7-14,17-18H,5-6,15-16,19H2,1-2H3. The molecule has 1 saturated heterocycles. The molecule has 0 N–H and O–H groups in total. The predicted molar refractivity (Wildman–Crippen MR) is 124 cm³/mol. The Morgan fingerprint density at radius 3 is 2.57 bits per heavy atom. The quantitative estimate of drug-likeness (QED) is 0.539. The maximum Gasteiger partial charge on any atom is 0.246 e. The van der Waals surface area contributed by atoms with Crippen LogP contribution >= 0.6 is 0 Å². The van der Waals surface area contributed by atoms with Crippen LogP contribution in [0.15, 0.2) is 66.7 Å². The van der Waals surface area contributed by atoms with E-state index in [-0.39, 0.29) is 5.91 Å². The summed E-state index contributed by atoms with van der Waals surface area (Å²) >= 11 is 0. The fourth-order valence-electron chi connectivity index (χ4n) is 4.01. The third kappa shape index (κ3) is 4.48. The van der Waals surface area contributed by atoms with Gasteiger partial charge >= 0.3 is 0 Å². The summed E-state index contributed by atoms with van der Waals surface area (Å²) < 4.78 is 5.28. The average Bonchev–Trinajstić information content (AvgIpc) is 3.32. The Balaban J connectivity index is 1.45. The van der Waals surface area contributed by atoms with Crippen molar-refractivity contribution in [2.75, 3.05) is 32.1 Å². The number of methoxy groups -OCH3 is 1. The average molecular weight is 401 g/mol. The molecule has 0 radical (unpaired) electrons. The molecule has 154 valence electrons. The highest BCUT2D eigenvalue weighted by molar-refractivity contribution is 5.93. The zero-order chi connectivity index (χ0) is 20.9. The van der Waals surface area contributed by atoms with Crippen LogP contribution in [0.2, 0.25) is 0 Å². The minimum atomic E-state index is 0.000975. The van der Waals surface area contributed by atoms with Crippen LogP contribution in [0.3, 0.4) is 0 Å². The molecule has 0 saturated carbocycles. The molecular formula is C26H28N2O2. The number of amides is 1. The van der Waals surface area contributed by atoms with Crippen molar-refractivity contribution in [1.29, 1.82) is 0 Å². The number of likely N-dealkylation sites (N-methyl/N-ethyl adjacent to an activating group) is 1. The summed E-state index contributed by atoms with van der Waals surface area (Å²) in [6.07, 6.45) is 6.02. The van der Waals surface area contributed by atoms with E-state index >= 15 is 0 Å². The second-order valence-corrected chi connectivity index (χ2v) is 7.82. The van der Waals surface area contributed by atoms with Gasteiger partial charge in [0.15, 0.2) is 0 Å². The van der Waals surface area contributed by atoms with Gasteiger partial charge in [0.2, 0.25) is 5.91 Å². The van der Waals surface area contributed by atoms with E-state index in [1.165, 1.54) is 24.1 Å². The normalized spacial score (nSPS) is 13.9. The van der Waals surface area contributed by atoms with Crippen LogP contribution < -0.4 is 9.64 Å². The van der Waals surface area contributed by atoms with Gasteiger partial charge in [-0.1, -0.05) is 36.4 Å². The predicted octanol–water partition coefficient (Wildman–Crippen LogP) is 5.12. The lowest BCUT2D eigenvalue weighted by Gasteiger charge is -2.24. The van der Waals surface area contributed by atoms with Gasteiger partial charge in [-0.15, -0.1) is 0 Å². The van der Waals surface area contributed by atoms with Crippen molar-refractivity contribution in [1.82, 2.24) is 4.90 Å². The van der Waals surface area contributed by atoms with Gasteiger partial charge in [0, 0.05) is 38.4 Å². The number of benzene rings is 3. The van der Waals surface area contributed by atoms with Gasteiger partial charge in [0.05, 0.1) is 7.11 Å². The Morgan fingerprint density at radius 1 is 1.03 bits per heavy atom. The van der Waals surface area contributed by atoms with Gasteiger partial charge in [-0.2, -0.15) is 0 Å². The Labute approximate surface area is 178 Å². The summed E-state index contributed by atoms with van der Waals surface area (Å²) in [6.45, 7) is 2.80. The molecule has 0 atom stereocenters. The highest BCUT2D eigenvalue weighted by Gasteiger charge is 2.16. The molecule has 1 fully saturated rings. The van der Waals surface area contributed by atoms with Gasteiger partial charge in [0.25, 0.3) is 0 Å². The minimum Gasteiger partial charge on any atom is -0.497 e. The fraction of sp³-hybridized carbons (Fsp3) is 0.269. The number of carbonyl (C=O) groups is 1. The van der Waals surface area contributed by atoms with Crippen LogP contribution in [0.4, 0.5) is 5.69 Å². The van der Waals surface area contributed by atoms with E-state index in [1.54, 1.807) is 18.1 Å². The number of fused-ring (bicyclic) bond motifs is 1. The lowest BCUT2D eigenvalue weighted by atomic mass is 10.1. The zero-order valence-electron chi connectivity index (χ0n) is 17.7. The summed E-state index contributed by atoms with van der Waals surface area (Å²) in [5, 5.41) is 2.24. The Kier molecular flexibility index (Phi) is 6.03. The van der Waals surface area contributed by atoms with E-state index in [4.69, 9.17) is 4.74 Å². The zero-order valence-corrected chi connectivity index (χ0v) is 17.7. The van der Waals surface area contributed by atoms with Crippen LogP contribution in [0, 0.1) is 0 Å². The van der Waals surface area contributed by atoms with E-state index in [2.05, 4.69) is 35.2 Å². The monoisotopic (exact) mass is 400 g/mol. The molecule has 4 rings (SSSR count). The first-order valence-electron chi connectivity index (χ1n) is 10.5. The summed E-state index contributed by atoms with van der Waals surface area (Å²) in [7, 11) is 3.53. The first kappa shape index (κ1) is 20.0. The molecule has 4 heteroatoms. The molecule has 1 aliphatic heterocycles. The Hall–Kier alpha value is -3.27. The van der Waals surface area contributed by atoms with Crippen molar-refractivity contribution < 1.29 is 9.53 Å². The SMILES string of the molecule is COc1ccc2cc(C=CC(=O)N(C)Cc3ccccc3N3CCCC3)ccc2c1. The molecule has 0 aromatic heterocycles. The Bertz CT molecular complexity index is 1070. The molecule has 3 aromatic carbocycles. The molecule has 4 nitrogen and oxygen atoms in total. The molecule has 1 amide bonds. The maximum atomic E-state index is 12.7. The minimum absolute atomic E-state index is 0.000975. The largest absolute Gasteiger partial charge is 0.497 e. The topological polar surface area (TPSA) is 32.8 Å². The van der Waals surface area contributed by atoms with Crippen molar-refractivity contribution in [3.8, 4) is 5.75 Å². The van der Waals surface area contributed by atoms with Crippen LogP contribution in [0.25, 0.3) is 16.8 Å². The van der Waals surface area contributed by atoms with E-state index in [0.29, 0.717) is 6.54 Å². The second kappa shape index (κ2) is 9.04. The Morgan fingerprint density at radius 2 is 1.77 bits per heavy atom. The molecule has 0 unspecified atom stereocenters. The summed E-state index contributed by atoms with van der Waals surface area (Å²) in [5.41, 5.74) is 3.46. The third-order valence-corrected chi connectivity index (χ3v) is 5.71. The highest BCUT2D eigenvalue weighted by Crippen LogP contribution is 2.26. The van der Waals surface area contributed by atoms with Crippen LogP contribution in [0.1, 0.15) is 24.0 Å². The molecule has 30 heavy (non-hydrogen) atoms. The number of hydrogen-bond acceptors (Lipinski definition) is 3. The number of carbonyl (C=O) groups excluding carboxylic acids is 1. The number of hydrogen-bond donors (Lipinski definition) is 0. The molecule has 0 spiro atoms. The highest BCUT2D eigenvalue weighted by atomic mass is 16.5. The van der Waals surface area contributed by atoms with Crippen molar-refractivity contribution in [2.45, 2.75) is 19.4 Å². The van der Waals surface area contributed by atoms with E-state index in [0.717, 1.165) is 35.2 Å². The van der Waals surface area contributed by atoms with Gasteiger partial charge < -0.3 is 14.5 Å². The lowest BCUT2D eigenvalue weighted by Crippen LogP contribution is -2.26. The van der Waals surface area contributed by atoms with Crippen molar-refractivity contribution in [3.05, 3.63) is 77.9 Å².